The zero-order chi connectivity index (χ0) is 21.6. The van der Waals surface area contributed by atoms with Crippen LogP contribution in [0.25, 0.3) is 10.9 Å². The molecular formula is C23H23N5O3. The lowest BCUT2D eigenvalue weighted by atomic mass is 10.1. The minimum Gasteiger partial charge on any atom is -0.496 e. The quantitative estimate of drug-likeness (QED) is 0.353. The zero-order valence-electron chi connectivity index (χ0n) is 17.1. The molecule has 8 nitrogen and oxygen atoms in total. The van der Waals surface area contributed by atoms with E-state index in [2.05, 4.69) is 25.6 Å². The summed E-state index contributed by atoms with van der Waals surface area (Å²) in [5.74, 6) is -0.128. The summed E-state index contributed by atoms with van der Waals surface area (Å²) >= 11 is 0. The summed E-state index contributed by atoms with van der Waals surface area (Å²) in [4.78, 5) is 35.2. The average Bonchev–Trinajstić information content (AvgIpc) is 3.45. The number of amides is 2. The number of hydrogen-bond acceptors (Lipinski definition) is 4. The molecule has 0 unspecified atom stereocenters. The third kappa shape index (κ3) is 4.42. The van der Waals surface area contributed by atoms with Crippen LogP contribution in [0.4, 0.5) is 0 Å². The summed E-state index contributed by atoms with van der Waals surface area (Å²) in [6, 6.07) is 15.4. The maximum atomic E-state index is 12.6. The molecule has 31 heavy (non-hydrogen) atoms. The number of aromatic nitrogens is 3. The normalized spacial score (nSPS) is 10.7. The van der Waals surface area contributed by atoms with Gasteiger partial charge < -0.3 is 25.3 Å². The van der Waals surface area contributed by atoms with Crippen LogP contribution in [0.15, 0.2) is 61.1 Å². The van der Waals surface area contributed by atoms with Gasteiger partial charge in [0.2, 0.25) is 0 Å². The van der Waals surface area contributed by atoms with E-state index in [1.165, 1.54) is 6.33 Å². The number of imidazole rings is 1. The molecule has 0 bridgehead atoms. The fourth-order valence-corrected chi connectivity index (χ4v) is 3.49. The standard InChI is InChI=1S/C23H23N5O3/c1-31-19-9-5-2-6-16(19)13-26-23(30)21-20(27-14-28-21)22(29)24-11-10-15-12-25-18-8-4-3-7-17(15)18/h2-9,12,14,25H,10-11,13H2,1H3,(H,24,29)(H,26,30)(H,27,28). The van der Waals surface area contributed by atoms with Gasteiger partial charge in [0.15, 0.2) is 5.69 Å². The van der Waals surface area contributed by atoms with E-state index in [0.29, 0.717) is 18.7 Å². The number of H-pyrrole nitrogens is 2. The minimum absolute atomic E-state index is 0.0662. The second-order valence-corrected chi connectivity index (χ2v) is 6.99. The number of ether oxygens (including phenoxy) is 1. The number of para-hydroxylation sites is 2. The van der Waals surface area contributed by atoms with Crippen molar-refractivity contribution in [1.82, 2.24) is 25.6 Å². The number of fused-ring (bicyclic) bond motifs is 1. The molecule has 158 valence electrons. The Balaban J connectivity index is 1.35. The summed E-state index contributed by atoms with van der Waals surface area (Å²) < 4.78 is 5.29. The molecule has 0 fully saturated rings. The van der Waals surface area contributed by atoms with Gasteiger partial charge in [0.05, 0.1) is 13.4 Å². The van der Waals surface area contributed by atoms with Crippen LogP contribution in [0, 0.1) is 0 Å². The highest BCUT2D eigenvalue weighted by molar-refractivity contribution is 6.04. The molecular weight excluding hydrogens is 394 g/mol. The topological polar surface area (TPSA) is 112 Å². The number of methoxy groups -OCH3 is 1. The van der Waals surface area contributed by atoms with Gasteiger partial charge in [-0.1, -0.05) is 36.4 Å². The molecule has 2 heterocycles. The fraction of sp³-hybridized carbons (Fsp3) is 0.174. The molecule has 2 amide bonds. The van der Waals surface area contributed by atoms with Crippen molar-refractivity contribution in [3.8, 4) is 5.75 Å². The number of rotatable bonds is 8. The van der Waals surface area contributed by atoms with E-state index in [1.807, 2.05) is 54.7 Å². The van der Waals surface area contributed by atoms with Crippen LogP contribution in [0.2, 0.25) is 0 Å². The van der Waals surface area contributed by atoms with E-state index in [-0.39, 0.29) is 17.9 Å². The third-order valence-corrected chi connectivity index (χ3v) is 5.07. The second kappa shape index (κ2) is 9.17. The van der Waals surface area contributed by atoms with Crippen molar-refractivity contribution in [1.29, 1.82) is 0 Å². The number of carbonyl (C=O) groups is 2. The number of aromatic amines is 2. The van der Waals surface area contributed by atoms with E-state index in [0.717, 1.165) is 22.0 Å². The molecule has 0 saturated heterocycles. The van der Waals surface area contributed by atoms with Gasteiger partial charge in [-0.25, -0.2) is 4.98 Å². The van der Waals surface area contributed by atoms with Crippen LogP contribution < -0.4 is 15.4 Å². The first-order valence-corrected chi connectivity index (χ1v) is 9.94. The van der Waals surface area contributed by atoms with Crippen molar-refractivity contribution in [3.63, 3.8) is 0 Å². The van der Waals surface area contributed by atoms with Gasteiger partial charge in [-0.15, -0.1) is 0 Å². The smallest absolute Gasteiger partial charge is 0.272 e. The Bertz CT molecular complexity index is 1210. The first-order valence-electron chi connectivity index (χ1n) is 9.94. The highest BCUT2D eigenvalue weighted by Gasteiger charge is 2.20. The Morgan fingerprint density at radius 1 is 0.968 bits per heavy atom. The Morgan fingerprint density at radius 2 is 1.77 bits per heavy atom. The lowest BCUT2D eigenvalue weighted by Gasteiger charge is -2.09. The van der Waals surface area contributed by atoms with Crippen molar-refractivity contribution in [2.45, 2.75) is 13.0 Å². The Kier molecular flexibility index (Phi) is 5.98. The minimum atomic E-state index is -0.412. The van der Waals surface area contributed by atoms with Crippen LogP contribution in [-0.4, -0.2) is 40.4 Å². The summed E-state index contributed by atoms with van der Waals surface area (Å²) in [7, 11) is 1.58. The number of carbonyl (C=O) groups excluding carboxylic acids is 2. The Morgan fingerprint density at radius 3 is 2.65 bits per heavy atom. The van der Waals surface area contributed by atoms with Gasteiger partial charge >= 0.3 is 0 Å². The zero-order valence-corrected chi connectivity index (χ0v) is 17.1. The molecule has 8 heteroatoms. The van der Waals surface area contributed by atoms with Crippen molar-refractivity contribution in [2.24, 2.45) is 0 Å². The summed E-state index contributed by atoms with van der Waals surface area (Å²) in [6.45, 7) is 0.694. The number of nitrogens with zero attached hydrogens (tertiary/aromatic N) is 1. The SMILES string of the molecule is COc1ccccc1CNC(=O)c1[nH]cnc1C(=O)NCCc1c[nH]c2ccccc12. The molecule has 0 aliphatic carbocycles. The van der Waals surface area contributed by atoms with Crippen LogP contribution in [-0.2, 0) is 13.0 Å². The number of hydrogen-bond donors (Lipinski definition) is 4. The molecule has 0 atom stereocenters. The van der Waals surface area contributed by atoms with Gasteiger partial charge in [-0.3, -0.25) is 9.59 Å². The lowest BCUT2D eigenvalue weighted by Crippen LogP contribution is -2.30. The van der Waals surface area contributed by atoms with E-state index < -0.39 is 11.8 Å². The van der Waals surface area contributed by atoms with Crippen molar-refractivity contribution in [3.05, 3.63) is 83.6 Å². The maximum absolute atomic E-state index is 12.6. The summed E-state index contributed by atoms with van der Waals surface area (Å²) in [5.41, 5.74) is 3.20. The third-order valence-electron chi connectivity index (χ3n) is 5.07. The molecule has 4 aromatic rings. The number of benzene rings is 2. The predicted molar refractivity (Wildman–Crippen MR) is 117 cm³/mol. The van der Waals surface area contributed by atoms with E-state index in [9.17, 15) is 9.59 Å². The number of nitrogens with one attached hydrogen (secondary N) is 4. The van der Waals surface area contributed by atoms with Crippen LogP contribution in [0.5, 0.6) is 5.75 Å². The van der Waals surface area contributed by atoms with E-state index in [1.54, 1.807) is 7.11 Å². The van der Waals surface area contributed by atoms with Gasteiger partial charge in [0, 0.05) is 35.8 Å². The van der Waals surface area contributed by atoms with Crippen molar-refractivity contribution in [2.75, 3.05) is 13.7 Å². The van der Waals surface area contributed by atoms with Gasteiger partial charge in [-0.05, 0) is 24.1 Å². The summed E-state index contributed by atoms with van der Waals surface area (Å²) in [6.07, 6.45) is 3.95. The summed E-state index contributed by atoms with van der Waals surface area (Å²) in [5, 5.41) is 6.77. The molecule has 0 spiro atoms. The highest BCUT2D eigenvalue weighted by atomic mass is 16.5. The van der Waals surface area contributed by atoms with Gasteiger partial charge in [0.25, 0.3) is 11.8 Å². The van der Waals surface area contributed by atoms with E-state index >= 15 is 0 Å². The molecule has 0 aliphatic heterocycles. The maximum Gasteiger partial charge on any atom is 0.272 e. The molecule has 0 aliphatic rings. The monoisotopic (exact) mass is 417 g/mol. The molecule has 2 aromatic heterocycles. The van der Waals surface area contributed by atoms with Crippen LogP contribution >= 0.6 is 0 Å². The largest absolute Gasteiger partial charge is 0.496 e. The molecule has 4 rings (SSSR count). The van der Waals surface area contributed by atoms with Gasteiger partial charge in [-0.2, -0.15) is 0 Å². The first kappa shape index (κ1) is 20.2. The second-order valence-electron chi connectivity index (χ2n) is 6.99. The molecule has 2 aromatic carbocycles. The van der Waals surface area contributed by atoms with Gasteiger partial charge in [0.1, 0.15) is 11.4 Å². The lowest BCUT2D eigenvalue weighted by molar-refractivity contribution is 0.0912. The fourth-order valence-electron chi connectivity index (χ4n) is 3.49. The van der Waals surface area contributed by atoms with E-state index in [4.69, 9.17) is 4.74 Å². The van der Waals surface area contributed by atoms with Crippen LogP contribution in [0.1, 0.15) is 32.1 Å². The molecule has 4 N–H and O–H groups in total. The van der Waals surface area contributed by atoms with Crippen molar-refractivity contribution >= 4 is 22.7 Å². The van der Waals surface area contributed by atoms with Crippen molar-refractivity contribution < 1.29 is 14.3 Å². The van der Waals surface area contributed by atoms with Crippen LogP contribution in [0.3, 0.4) is 0 Å². The Hall–Kier alpha value is -4.07. The average molecular weight is 417 g/mol. The highest BCUT2D eigenvalue weighted by Crippen LogP contribution is 2.18. The molecule has 0 radical (unpaired) electrons. The predicted octanol–water partition coefficient (Wildman–Crippen LogP) is 2.80. The Labute approximate surface area is 179 Å². The molecule has 0 saturated carbocycles. The first-order chi connectivity index (χ1) is 15.2.